The number of carboxylic acid groups (broad SMARTS) is 1. The minimum atomic E-state index is -1.47. The molecule has 330 valence electrons. The second kappa shape index (κ2) is 22.2. The van der Waals surface area contributed by atoms with E-state index in [2.05, 4.69) is 26.6 Å². The smallest absolute Gasteiger partial charge is 0.305 e. The number of piperidine rings is 1. The summed E-state index contributed by atoms with van der Waals surface area (Å²) >= 11 is 0. The molecular formula is C48H56N8O7. The average Bonchev–Trinajstić information content (AvgIpc) is 3.66. The number of guanidine groups is 1. The number of benzene rings is 4. The van der Waals surface area contributed by atoms with E-state index < -0.39 is 66.1 Å². The molecule has 15 nitrogen and oxygen atoms in total. The Morgan fingerprint density at radius 3 is 1.94 bits per heavy atom. The van der Waals surface area contributed by atoms with Gasteiger partial charge in [0.1, 0.15) is 24.2 Å². The third kappa shape index (κ3) is 12.5. The van der Waals surface area contributed by atoms with Gasteiger partial charge in [0.05, 0.1) is 6.42 Å². The van der Waals surface area contributed by atoms with Crippen molar-refractivity contribution in [2.24, 2.45) is 11.7 Å². The second-order valence-corrected chi connectivity index (χ2v) is 16.1. The third-order valence-electron chi connectivity index (χ3n) is 11.8. The molecule has 0 aliphatic carbocycles. The Labute approximate surface area is 367 Å². The van der Waals surface area contributed by atoms with Crippen LogP contribution in [0.25, 0.3) is 0 Å². The van der Waals surface area contributed by atoms with Crippen molar-refractivity contribution in [2.75, 3.05) is 13.1 Å². The van der Waals surface area contributed by atoms with Crippen LogP contribution in [0.1, 0.15) is 77.9 Å². The van der Waals surface area contributed by atoms with Gasteiger partial charge in [0, 0.05) is 30.6 Å². The van der Waals surface area contributed by atoms with Crippen LogP contribution in [0.15, 0.2) is 121 Å². The van der Waals surface area contributed by atoms with Crippen molar-refractivity contribution in [2.45, 2.75) is 87.5 Å². The highest BCUT2D eigenvalue weighted by atomic mass is 16.4. The van der Waals surface area contributed by atoms with E-state index in [1.165, 1.54) is 0 Å². The topological polar surface area (TPSA) is 236 Å². The standard InChI is InChI=1S/C48H56N8O7/c49-48(50)52-26-13-22-37(45(61)55-39(30-42(57)58)44(60)51-27-25-36(32-16-7-2-8-17-32)33-18-9-3-10-19-33)53-46(62)41-29-35(28-31-14-5-1-6-15-31)40-24-23-38(47(63)56(40)41)54-43(59)34-20-11-4-12-21-34/h1-12,14-21,35-41H,13,22-30H2,(H,51,60)(H,53,62)(H,54,59)(H,55,61)(H,57,58)(H4,49,50,52)/t35-,37+,38+,39+,40+,41+/m1/s1. The first-order valence-electron chi connectivity index (χ1n) is 21.5. The number of nitrogens with zero attached hydrogens (tertiary/aromatic N) is 1. The number of fused-ring (bicyclic) bond motifs is 1. The van der Waals surface area contributed by atoms with Crippen LogP contribution < -0.4 is 32.3 Å². The SMILES string of the molecule is N=C(N)NCCC[C@H](NC(=O)[C@@H]1C[C@@H](Cc2ccccc2)[C@@H]2CC[C@H](NC(=O)c3ccccc3)C(=O)N12)C(=O)N[C@@H](CC(=O)O)C(=O)NCCC(c1ccccc1)c1ccccc1. The molecule has 2 heterocycles. The van der Waals surface area contributed by atoms with Crippen molar-refractivity contribution in [3.05, 3.63) is 144 Å². The first kappa shape index (κ1) is 45.5. The normalized spacial score (nSPS) is 18.9. The highest BCUT2D eigenvalue weighted by Gasteiger charge is 2.51. The molecule has 2 fully saturated rings. The predicted octanol–water partition coefficient (Wildman–Crippen LogP) is 3.45. The molecule has 0 bridgehead atoms. The van der Waals surface area contributed by atoms with E-state index in [0.29, 0.717) is 37.7 Å². The van der Waals surface area contributed by atoms with E-state index in [1.807, 2.05) is 91.0 Å². The summed E-state index contributed by atoms with van der Waals surface area (Å²) in [6, 6.07) is 33.1. The number of aliphatic carboxylic acids is 1. The van der Waals surface area contributed by atoms with E-state index in [9.17, 15) is 33.9 Å². The predicted molar refractivity (Wildman–Crippen MR) is 237 cm³/mol. The van der Waals surface area contributed by atoms with Gasteiger partial charge in [-0.2, -0.15) is 0 Å². The summed E-state index contributed by atoms with van der Waals surface area (Å²) < 4.78 is 0. The van der Waals surface area contributed by atoms with Gasteiger partial charge in [-0.15, -0.1) is 0 Å². The van der Waals surface area contributed by atoms with Crippen molar-refractivity contribution in [3.8, 4) is 0 Å². The highest BCUT2D eigenvalue weighted by molar-refractivity contribution is 5.99. The monoisotopic (exact) mass is 856 g/mol. The Bertz CT molecular complexity index is 2160. The Balaban J connectivity index is 1.18. The van der Waals surface area contributed by atoms with Gasteiger partial charge in [-0.1, -0.05) is 109 Å². The number of rotatable bonds is 20. The van der Waals surface area contributed by atoms with Gasteiger partial charge in [0.2, 0.25) is 23.6 Å². The first-order valence-corrected chi connectivity index (χ1v) is 21.5. The Hall–Kier alpha value is -7.03. The van der Waals surface area contributed by atoms with Gasteiger partial charge >= 0.3 is 5.97 Å². The molecule has 0 saturated carbocycles. The first-order chi connectivity index (χ1) is 30.5. The lowest BCUT2D eigenvalue weighted by Crippen LogP contribution is -2.61. The number of carbonyl (C=O) groups excluding carboxylic acids is 5. The number of hydrogen-bond acceptors (Lipinski definition) is 7. The van der Waals surface area contributed by atoms with E-state index in [0.717, 1.165) is 16.7 Å². The molecule has 2 saturated heterocycles. The number of hydrogen-bond donors (Lipinski definition) is 8. The molecule has 5 amide bonds. The number of nitrogens with one attached hydrogen (secondary N) is 6. The fraction of sp³-hybridized carbons (Fsp3) is 0.354. The van der Waals surface area contributed by atoms with Crippen LogP contribution in [0.2, 0.25) is 0 Å². The van der Waals surface area contributed by atoms with Crippen LogP contribution >= 0.6 is 0 Å². The Morgan fingerprint density at radius 2 is 1.33 bits per heavy atom. The minimum Gasteiger partial charge on any atom is -0.481 e. The summed E-state index contributed by atoms with van der Waals surface area (Å²) in [5.74, 6) is -4.62. The summed E-state index contributed by atoms with van der Waals surface area (Å²) in [6.07, 6.45) is 1.90. The summed E-state index contributed by atoms with van der Waals surface area (Å²) in [4.78, 5) is 83.3. The molecule has 0 spiro atoms. The third-order valence-corrected chi connectivity index (χ3v) is 11.8. The summed E-state index contributed by atoms with van der Waals surface area (Å²) in [6.45, 7) is 0.371. The molecule has 2 aliphatic heterocycles. The quantitative estimate of drug-likeness (QED) is 0.0369. The number of carboxylic acids is 1. The van der Waals surface area contributed by atoms with Gasteiger partial charge in [-0.3, -0.25) is 34.2 Å². The molecular weight excluding hydrogens is 801 g/mol. The van der Waals surface area contributed by atoms with Gasteiger partial charge in [-0.25, -0.2) is 0 Å². The van der Waals surface area contributed by atoms with Gasteiger partial charge < -0.3 is 42.3 Å². The zero-order valence-corrected chi connectivity index (χ0v) is 35.1. The Kier molecular flexibility index (Phi) is 16.0. The van der Waals surface area contributed by atoms with Crippen LogP contribution in [0.3, 0.4) is 0 Å². The number of carbonyl (C=O) groups is 6. The summed E-state index contributed by atoms with van der Waals surface area (Å²) in [5.41, 5.74) is 9.02. The van der Waals surface area contributed by atoms with Crippen molar-refractivity contribution in [1.82, 2.24) is 31.5 Å². The van der Waals surface area contributed by atoms with Crippen molar-refractivity contribution < 1.29 is 33.9 Å². The second-order valence-electron chi connectivity index (χ2n) is 16.1. The highest BCUT2D eigenvalue weighted by Crippen LogP contribution is 2.39. The van der Waals surface area contributed by atoms with Crippen LogP contribution in [-0.2, 0) is 30.4 Å². The molecule has 0 unspecified atom stereocenters. The molecule has 4 aromatic rings. The lowest BCUT2D eigenvalue weighted by Gasteiger charge is -2.39. The van der Waals surface area contributed by atoms with Crippen LogP contribution in [0.5, 0.6) is 0 Å². The summed E-state index contributed by atoms with van der Waals surface area (Å²) in [5, 5.41) is 31.1. The van der Waals surface area contributed by atoms with Gasteiger partial charge in [-0.05, 0) is 79.7 Å². The number of amides is 5. The maximum absolute atomic E-state index is 14.5. The molecule has 6 atom stereocenters. The Morgan fingerprint density at radius 1 is 0.730 bits per heavy atom. The zero-order chi connectivity index (χ0) is 44.7. The molecule has 15 heteroatoms. The maximum Gasteiger partial charge on any atom is 0.305 e. The van der Waals surface area contributed by atoms with Crippen LogP contribution in [-0.4, -0.2) is 94.8 Å². The summed E-state index contributed by atoms with van der Waals surface area (Å²) in [7, 11) is 0. The van der Waals surface area contributed by atoms with Gasteiger partial charge in [0.15, 0.2) is 5.96 Å². The minimum absolute atomic E-state index is 0.0302. The van der Waals surface area contributed by atoms with Crippen molar-refractivity contribution >= 4 is 41.5 Å². The fourth-order valence-electron chi connectivity index (χ4n) is 8.76. The molecule has 6 rings (SSSR count). The van der Waals surface area contributed by atoms with Crippen LogP contribution in [0, 0.1) is 11.3 Å². The molecule has 0 aromatic heterocycles. The van der Waals surface area contributed by atoms with Crippen molar-refractivity contribution in [1.29, 1.82) is 5.41 Å². The van der Waals surface area contributed by atoms with Crippen molar-refractivity contribution in [3.63, 3.8) is 0 Å². The molecule has 63 heavy (non-hydrogen) atoms. The molecule has 4 aromatic carbocycles. The lowest BCUT2D eigenvalue weighted by atomic mass is 9.86. The average molecular weight is 857 g/mol. The van der Waals surface area contributed by atoms with E-state index in [4.69, 9.17) is 11.1 Å². The van der Waals surface area contributed by atoms with E-state index >= 15 is 0 Å². The van der Waals surface area contributed by atoms with Gasteiger partial charge in [0.25, 0.3) is 5.91 Å². The van der Waals surface area contributed by atoms with Crippen LogP contribution in [0.4, 0.5) is 0 Å². The zero-order valence-electron chi connectivity index (χ0n) is 35.1. The maximum atomic E-state index is 14.5. The molecule has 2 aliphatic rings. The number of nitrogens with two attached hydrogens (primary N) is 1. The largest absolute Gasteiger partial charge is 0.481 e. The molecule has 0 radical (unpaired) electrons. The molecule has 9 N–H and O–H groups in total. The van der Waals surface area contributed by atoms with E-state index in [1.54, 1.807) is 35.2 Å². The van der Waals surface area contributed by atoms with E-state index in [-0.39, 0.29) is 49.8 Å². The lowest BCUT2D eigenvalue weighted by molar-refractivity contribution is -0.145. The fourth-order valence-corrected chi connectivity index (χ4v) is 8.76.